The second kappa shape index (κ2) is 7.29. The predicted octanol–water partition coefficient (Wildman–Crippen LogP) is 0.636. The van der Waals surface area contributed by atoms with Gasteiger partial charge in [-0.1, -0.05) is 0 Å². The van der Waals surface area contributed by atoms with Crippen LogP contribution in [0.3, 0.4) is 0 Å². The molecule has 130 valence electrons. The summed E-state index contributed by atoms with van der Waals surface area (Å²) < 4.78 is 34.3. The smallest absolute Gasteiger partial charge is 0.246 e. The van der Waals surface area contributed by atoms with Crippen LogP contribution in [0.15, 0.2) is 17.3 Å². The molecule has 0 N–H and O–H groups in total. The van der Waals surface area contributed by atoms with Gasteiger partial charge in [-0.15, -0.1) is 0 Å². The predicted molar refractivity (Wildman–Crippen MR) is 86.6 cm³/mol. The average Bonchev–Trinajstić information content (AvgIpc) is 3.06. The fourth-order valence-electron chi connectivity index (χ4n) is 3.34. The van der Waals surface area contributed by atoms with Crippen LogP contribution >= 0.6 is 0 Å². The van der Waals surface area contributed by atoms with Crippen molar-refractivity contribution in [2.45, 2.75) is 31.2 Å². The van der Waals surface area contributed by atoms with E-state index in [4.69, 9.17) is 4.74 Å². The van der Waals surface area contributed by atoms with Crippen LogP contribution in [0, 0.1) is 5.92 Å². The summed E-state index contributed by atoms with van der Waals surface area (Å²) in [6, 6.07) is 0. The Morgan fingerprint density at radius 2 is 2.09 bits per heavy atom. The lowest BCUT2D eigenvalue weighted by atomic mass is 9.99. The van der Waals surface area contributed by atoms with Crippen LogP contribution in [0.5, 0.6) is 0 Å². The van der Waals surface area contributed by atoms with Crippen molar-refractivity contribution in [2.75, 3.05) is 45.9 Å². The van der Waals surface area contributed by atoms with Gasteiger partial charge in [-0.05, 0) is 25.7 Å². The third kappa shape index (κ3) is 3.93. The fourth-order valence-corrected chi connectivity index (χ4v) is 4.85. The molecule has 8 heteroatoms. The zero-order valence-corrected chi connectivity index (χ0v) is 14.5. The molecule has 0 radical (unpaired) electrons. The van der Waals surface area contributed by atoms with Crippen molar-refractivity contribution in [1.29, 1.82) is 0 Å². The van der Waals surface area contributed by atoms with Gasteiger partial charge in [-0.3, -0.25) is 9.58 Å². The Kier molecular flexibility index (Phi) is 5.35. The quantitative estimate of drug-likeness (QED) is 0.785. The van der Waals surface area contributed by atoms with E-state index in [-0.39, 0.29) is 0 Å². The largest absolute Gasteiger partial charge is 0.379 e. The zero-order valence-electron chi connectivity index (χ0n) is 13.7. The van der Waals surface area contributed by atoms with E-state index in [9.17, 15) is 8.42 Å². The fraction of sp³-hybridized carbons (Fsp3) is 0.800. The standard InChI is InChI=1S/C15H26N4O3S/c1-2-18-13-15(10-16-18)23(20,21)19-5-3-4-14(12-19)11-17-6-8-22-9-7-17/h10,13-14H,2-9,11-12H2,1H3/t14-/m0/s1. The number of ether oxygens (including phenoxy) is 1. The van der Waals surface area contributed by atoms with Crippen molar-refractivity contribution in [1.82, 2.24) is 19.0 Å². The van der Waals surface area contributed by atoms with Crippen LogP contribution in [0.2, 0.25) is 0 Å². The molecule has 2 aliphatic heterocycles. The van der Waals surface area contributed by atoms with Gasteiger partial charge in [0.25, 0.3) is 0 Å². The average molecular weight is 342 g/mol. The molecule has 0 spiro atoms. The molecule has 7 nitrogen and oxygen atoms in total. The number of sulfonamides is 1. The Morgan fingerprint density at radius 1 is 1.30 bits per heavy atom. The number of piperidine rings is 1. The Hall–Kier alpha value is -0.960. The third-order valence-corrected chi connectivity index (χ3v) is 6.49. The lowest BCUT2D eigenvalue weighted by Gasteiger charge is -2.36. The number of hydrogen-bond donors (Lipinski definition) is 0. The summed E-state index contributed by atoms with van der Waals surface area (Å²) in [5.41, 5.74) is 0. The first-order chi connectivity index (χ1) is 11.1. The van der Waals surface area contributed by atoms with Crippen LogP contribution in [0.25, 0.3) is 0 Å². The van der Waals surface area contributed by atoms with Crippen molar-refractivity contribution >= 4 is 10.0 Å². The van der Waals surface area contributed by atoms with Gasteiger partial charge >= 0.3 is 0 Å². The molecule has 2 fully saturated rings. The van der Waals surface area contributed by atoms with Crippen LogP contribution in [0.4, 0.5) is 0 Å². The number of aromatic nitrogens is 2. The van der Waals surface area contributed by atoms with Crippen LogP contribution in [-0.2, 0) is 21.3 Å². The summed E-state index contributed by atoms with van der Waals surface area (Å²) in [5.74, 6) is 0.401. The molecule has 0 aliphatic carbocycles. The minimum absolute atomic E-state index is 0.311. The van der Waals surface area contributed by atoms with Gasteiger partial charge in [0.15, 0.2) is 0 Å². The molecule has 1 atom stereocenters. The van der Waals surface area contributed by atoms with Crippen LogP contribution < -0.4 is 0 Å². The van der Waals surface area contributed by atoms with Crippen molar-refractivity contribution in [2.24, 2.45) is 5.92 Å². The van der Waals surface area contributed by atoms with Gasteiger partial charge in [0.05, 0.1) is 19.4 Å². The molecule has 0 bridgehead atoms. The van der Waals surface area contributed by atoms with Crippen molar-refractivity contribution in [3.05, 3.63) is 12.4 Å². The number of aryl methyl sites for hydroxylation is 1. The molecule has 0 aromatic carbocycles. The lowest BCUT2D eigenvalue weighted by molar-refractivity contribution is 0.0265. The molecule has 2 aliphatic rings. The Bertz CT molecular complexity index is 610. The molecule has 23 heavy (non-hydrogen) atoms. The van der Waals surface area contributed by atoms with E-state index in [0.717, 1.165) is 45.7 Å². The van der Waals surface area contributed by atoms with Crippen molar-refractivity contribution in [3.63, 3.8) is 0 Å². The van der Waals surface area contributed by atoms with E-state index in [1.165, 1.54) is 6.20 Å². The molecule has 3 rings (SSSR count). The molecular formula is C15H26N4O3S. The highest BCUT2D eigenvalue weighted by atomic mass is 32.2. The second-order valence-electron chi connectivity index (χ2n) is 6.32. The maximum atomic E-state index is 12.8. The molecule has 0 saturated carbocycles. The van der Waals surface area contributed by atoms with Gasteiger partial charge in [0.1, 0.15) is 4.90 Å². The molecule has 2 saturated heterocycles. The van der Waals surface area contributed by atoms with Gasteiger partial charge in [-0.2, -0.15) is 9.40 Å². The highest BCUT2D eigenvalue weighted by Gasteiger charge is 2.32. The maximum Gasteiger partial charge on any atom is 0.246 e. The van der Waals surface area contributed by atoms with Gasteiger partial charge < -0.3 is 4.74 Å². The number of hydrogen-bond acceptors (Lipinski definition) is 5. The minimum atomic E-state index is -3.42. The monoisotopic (exact) mass is 342 g/mol. The molecule has 3 heterocycles. The summed E-state index contributed by atoms with van der Waals surface area (Å²) >= 11 is 0. The summed E-state index contributed by atoms with van der Waals surface area (Å²) in [4.78, 5) is 2.70. The molecule has 1 aromatic rings. The summed E-state index contributed by atoms with van der Waals surface area (Å²) in [6.07, 6.45) is 5.11. The molecular weight excluding hydrogens is 316 g/mol. The van der Waals surface area contributed by atoms with E-state index in [1.54, 1.807) is 15.2 Å². The summed E-state index contributed by atoms with van der Waals surface area (Å²) in [7, 11) is -3.42. The Morgan fingerprint density at radius 3 is 2.78 bits per heavy atom. The lowest BCUT2D eigenvalue weighted by Crippen LogP contribution is -2.46. The summed E-state index contributed by atoms with van der Waals surface area (Å²) in [6.45, 7) is 8.27. The van der Waals surface area contributed by atoms with E-state index in [0.29, 0.717) is 30.4 Å². The highest BCUT2D eigenvalue weighted by molar-refractivity contribution is 7.89. The third-order valence-electron chi connectivity index (χ3n) is 4.67. The SMILES string of the molecule is CCn1cc(S(=O)(=O)N2CCC[C@@H](CN3CCOCC3)C2)cn1. The van der Waals surface area contributed by atoms with E-state index in [2.05, 4.69) is 10.00 Å². The van der Waals surface area contributed by atoms with E-state index >= 15 is 0 Å². The number of nitrogens with zero attached hydrogens (tertiary/aromatic N) is 4. The van der Waals surface area contributed by atoms with Crippen LogP contribution in [0.1, 0.15) is 19.8 Å². The zero-order chi connectivity index (χ0) is 16.3. The first kappa shape index (κ1) is 16.9. The van der Waals surface area contributed by atoms with Crippen molar-refractivity contribution in [3.8, 4) is 0 Å². The number of rotatable bonds is 5. The van der Waals surface area contributed by atoms with Gasteiger partial charge in [-0.25, -0.2) is 8.42 Å². The normalized spacial score (nSPS) is 24.8. The Labute approximate surface area is 138 Å². The molecule has 1 aromatic heterocycles. The van der Waals surface area contributed by atoms with Gasteiger partial charge in [0.2, 0.25) is 10.0 Å². The summed E-state index contributed by atoms with van der Waals surface area (Å²) in [5, 5.41) is 4.10. The first-order valence-corrected chi connectivity index (χ1v) is 9.86. The van der Waals surface area contributed by atoms with Gasteiger partial charge in [0, 0.05) is 45.5 Å². The van der Waals surface area contributed by atoms with Crippen molar-refractivity contribution < 1.29 is 13.2 Å². The first-order valence-electron chi connectivity index (χ1n) is 8.42. The van der Waals surface area contributed by atoms with E-state index < -0.39 is 10.0 Å². The highest BCUT2D eigenvalue weighted by Crippen LogP contribution is 2.24. The minimum Gasteiger partial charge on any atom is -0.379 e. The topological polar surface area (TPSA) is 67.7 Å². The maximum absolute atomic E-state index is 12.8. The molecule has 0 amide bonds. The van der Waals surface area contributed by atoms with E-state index in [1.807, 2.05) is 6.92 Å². The number of morpholine rings is 1. The second-order valence-corrected chi connectivity index (χ2v) is 8.25. The van der Waals surface area contributed by atoms with Crippen LogP contribution in [-0.4, -0.2) is 73.3 Å². The molecule has 0 unspecified atom stereocenters. The Balaban J connectivity index is 1.64.